The van der Waals surface area contributed by atoms with Crippen molar-refractivity contribution in [1.82, 2.24) is 4.90 Å². The second-order valence-corrected chi connectivity index (χ2v) is 7.71. The molecule has 1 aromatic heterocycles. The van der Waals surface area contributed by atoms with Gasteiger partial charge in [0.05, 0.1) is 17.0 Å². The van der Waals surface area contributed by atoms with Crippen molar-refractivity contribution in [3.63, 3.8) is 0 Å². The summed E-state index contributed by atoms with van der Waals surface area (Å²) in [6.07, 6.45) is 0. The summed E-state index contributed by atoms with van der Waals surface area (Å²) < 4.78 is 31.6. The molecule has 0 unspecified atom stereocenters. The summed E-state index contributed by atoms with van der Waals surface area (Å²) in [4.78, 5) is 28.3. The molecule has 0 fully saturated rings. The second-order valence-electron chi connectivity index (χ2n) is 7.71. The summed E-state index contributed by atoms with van der Waals surface area (Å²) in [6.45, 7) is 0.268. The Balaban J connectivity index is 1.54. The third-order valence-electron chi connectivity index (χ3n) is 5.86. The fourth-order valence-corrected chi connectivity index (χ4v) is 4.39. The molecule has 2 aliphatic heterocycles. The van der Waals surface area contributed by atoms with E-state index in [0.717, 1.165) is 5.56 Å². The van der Waals surface area contributed by atoms with Crippen LogP contribution in [0.3, 0.4) is 0 Å². The maximum Gasteiger partial charge on any atom is 0.291 e. The van der Waals surface area contributed by atoms with Crippen LogP contribution in [0.15, 0.2) is 75.9 Å². The Kier molecular flexibility index (Phi) is 4.04. The molecule has 3 aromatic carbocycles. The normalized spacial score (nSPS) is 16.6. The first kappa shape index (κ1) is 18.6. The van der Waals surface area contributed by atoms with Gasteiger partial charge in [0, 0.05) is 12.1 Å². The Morgan fingerprint density at radius 3 is 2.59 bits per heavy atom. The zero-order valence-electron chi connectivity index (χ0n) is 16.7. The van der Waals surface area contributed by atoms with Gasteiger partial charge in [-0.2, -0.15) is 0 Å². The zero-order valence-corrected chi connectivity index (χ0v) is 16.7. The fraction of sp³-hybridized carbons (Fsp3) is 0.120. The highest BCUT2D eigenvalue weighted by Gasteiger charge is 2.43. The van der Waals surface area contributed by atoms with E-state index in [2.05, 4.69) is 0 Å². The summed E-state index contributed by atoms with van der Waals surface area (Å²) in [5.74, 6) is 0.186. The number of benzene rings is 3. The molecule has 6 nitrogen and oxygen atoms in total. The SMILES string of the molecule is O=C1c2oc3ccccc3c(=O)c2[C@H](c2ccccc2F)N1Cc1ccc2c(c1)OCO2. The van der Waals surface area contributed by atoms with Crippen LogP contribution in [-0.2, 0) is 6.54 Å². The second kappa shape index (κ2) is 6.95. The average Bonchev–Trinajstić information content (AvgIpc) is 3.38. The molecule has 0 radical (unpaired) electrons. The first-order valence-corrected chi connectivity index (χ1v) is 10.1. The first-order valence-electron chi connectivity index (χ1n) is 10.1. The van der Waals surface area contributed by atoms with Gasteiger partial charge in [0.15, 0.2) is 16.9 Å². The molecular formula is C25H16FNO5. The summed E-state index contributed by atoms with van der Waals surface area (Å²) in [5, 5.41) is 0.352. The lowest BCUT2D eigenvalue weighted by atomic mass is 9.98. The van der Waals surface area contributed by atoms with Crippen LogP contribution in [0.5, 0.6) is 11.5 Å². The maximum absolute atomic E-state index is 14.9. The van der Waals surface area contributed by atoms with Crippen molar-refractivity contribution < 1.29 is 23.1 Å². The standard InChI is InChI=1S/C25H16FNO5/c26-17-7-3-1-5-15(17)22-21-23(28)16-6-2-4-8-18(16)32-24(21)25(29)27(22)12-14-9-10-19-20(11-14)31-13-30-19/h1-11,22H,12-13H2/t22-/m0/s1. The molecule has 7 heteroatoms. The van der Waals surface area contributed by atoms with Gasteiger partial charge in [-0.15, -0.1) is 0 Å². The minimum absolute atomic E-state index is 0.0531. The van der Waals surface area contributed by atoms with Crippen LogP contribution in [0.4, 0.5) is 4.39 Å². The van der Waals surface area contributed by atoms with Crippen LogP contribution in [0.2, 0.25) is 0 Å². The molecule has 4 aromatic rings. The third kappa shape index (κ3) is 2.71. The lowest BCUT2D eigenvalue weighted by molar-refractivity contribution is 0.0712. The molecular weight excluding hydrogens is 413 g/mol. The van der Waals surface area contributed by atoms with Gasteiger partial charge >= 0.3 is 0 Å². The summed E-state index contributed by atoms with van der Waals surface area (Å²) in [7, 11) is 0. The molecule has 1 atom stereocenters. The van der Waals surface area contributed by atoms with Crippen LogP contribution >= 0.6 is 0 Å². The van der Waals surface area contributed by atoms with Gasteiger partial charge in [-0.3, -0.25) is 9.59 Å². The van der Waals surface area contributed by atoms with Gasteiger partial charge in [0.2, 0.25) is 12.6 Å². The highest BCUT2D eigenvalue weighted by Crippen LogP contribution is 2.41. The van der Waals surface area contributed by atoms with Crippen molar-refractivity contribution in [1.29, 1.82) is 0 Å². The molecule has 0 bridgehead atoms. The van der Waals surface area contributed by atoms with E-state index in [-0.39, 0.29) is 35.7 Å². The van der Waals surface area contributed by atoms with E-state index in [0.29, 0.717) is 22.5 Å². The number of halogens is 1. The van der Waals surface area contributed by atoms with Crippen LogP contribution < -0.4 is 14.9 Å². The molecule has 0 saturated carbocycles. The predicted molar refractivity (Wildman–Crippen MR) is 113 cm³/mol. The van der Waals surface area contributed by atoms with E-state index in [1.54, 1.807) is 54.6 Å². The van der Waals surface area contributed by atoms with E-state index in [1.807, 2.05) is 6.07 Å². The number of carbonyl (C=O) groups is 1. The Hall–Kier alpha value is -4.13. The van der Waals surface area contributed by atoms with E-state index in [1.165, 1.54) is 11.0 Å². The number of ether oxygens (including phenoxy) is 2. The number of fused-ring (bicyclic) bond motifs is 3. The zero-order chi connectivity index (χ0) is 21.8. The molecule has 3 heterocycles. The monoisotopic (exact) mass is 429 g/mol. The highest BCUT2D eigenvalue weighted by atomic mass is 19.1. The van der Waals surface area contributed by atoms with Crippen molar-refractivity contribution in [2.75, 3.05) is 6.79 Å². The lowest BCUT2D eigenvalue weighted by Crippen LogP contribution is -2.29. The Morgan fingerprint density at radius 1 is 0.938 bits per heavy atom. The minimum Gasteiger partial charge on any atom is -0.454 e. The van der Waals surface area contributed by atoms with Crippen LogP contribution in [0.1, 0.15) is 33.3 Å². The minimum atomic E-state index is -0.912. The maximum atomic E-state index is 14.9. The Labute approximate surface area is 181 Å². The number of hydrogen-bond donors (Lipinski definition) is 0. The molecule has 1 amide bonds. The van der Waals surface area contributed by atoms with Crippen molar-refractivity contribution in [3.05, 3.63) is 105 Å². The largest absolute Gasteiger partial charge is 0.454 e. The molecule has 0 aliphatic carbocycles. The van der Waals surface area contributed by atoms with Gasteiger partial charge in [0.1, 0.15) is 11.4 Å². The van der Waals surface area contributed by atoms with Crippen LogP contribution in [0.25, 0.3) is 11.0 Å². The van der Waals surface area contributed by atoms with Crippen molar-refractivity contribution in [3.8, 4) is 11.5 Å². The van der Waals surface area contributed by atoms with E-state index in [9.17, 15) is 14.0 Å². The van der Waals surface area contributed by atoms with Crippen molar-refractivity contribution in [2.45, 2.75) is 12.6 Å². The number of hydrogen-bond acceptors (Lipinski definition) is 5. The van der Waals surface area contributed by atoms with Gasteiger partial charge in [-0.25, -0.2) is 4.39 Å². The Morgan fingerprint density at radius 2 is 1.72 bits per heavy atom. The first-order chi connectivity index (χ1) is 15.6. The third-order valence-corrected chi connectivity index (χ3v) is 5.86. The van der Waals surface area contributed by atoms with E-state index >= 15 is 0 Å². The highest BCUT2D eigenvalue weighted by molar-refractivity contribution is 5.99. The predicted octanol–water partition coefficient (Wildman–Crippen LogP) is 4.41. The quantitative estimate of drug-likeness (QED) is 0.483. The van der Waals surface area contributed by atoms with Crippen LogP contribution in [0, 0.1) is 5.82 Å². The summed E-state index contributed by atoms with van der Waals surface area (Å²) in [6, 6.07) is 17.4. The number of carbonyl (C=O) groups excluding carboxylic acids is 1. The molecule has 0 spiro atoms. The topological polar surface area (TPSA) is 69.0 Å². The lowest BCUT2D eigenvalue weighted by Gasteiger charge is -2.25. The van der Waals surface area contributed by atoms with Gasteiger partial charge in [0.25, 0.3) is 5.91 Å². The average molecular weight is 429 g/mol. The van der Waals surface area contributed by atoms with Gasteiger partial charge in [-0.1, -0.05) is 36.4 Å². The molecule has 6 rings (SSSR count). The molecule has 32 heavy (non-hydrogen) atoms. The van der Waals surface area contributed by atoms with Crippen molar-refractivity contribution >= 4 is 16.9 Å². The molecule has 0 N–H and O–H groups in total. The summed E-state index contributed by atoms with van der Waals surface area (Å²) in [5.41, 5.74) is 1.13. The van der Waals surface area contributed by atoms with Gasteiger partial charge in [-0.05, 0) is 35.9 Å². The number of amides is 1. The molecule has 2 aliphatic rings. The van der Waals surface area contributed by atoms with E-state index in [4.69, 9.17) is 13.9 Å². The molecule has 0 saturated heterocycles. The van der Waals surface area contributed by atoms with Crippen molar-refractivity contribution in [2.24, 2.45) is 0 Å². The summed E-state index contributed by atoms with van der Waals surface area (Å²) >= 11 is 0. The number of para-hydroxylation sites is 1. The van der Waals surface area contributed by atoms with Crippen LogP contribution in [-0.4, -0.2) is 17.6 Å². The van der Waals surface area contributed by atoms with E-state index < -0.39 is 17.8 Å². The number of rotatable bonds is 3. The van der Waals surface area contributed by atoms with Gasteiger partial charge < -0.3 is 18.8 Å². The fourth-order valence-electron chi connectivity index (χ4n) is 4.39. The smallest absolute Gasteiger partial charge is 0.291 e. The Bertz CT molecular complexity index is 1460. The number of nitrogens with zero attached hydrogens (tertiary/aromatic N) is 1. The molecule has 158 valence electrons.